The topological polar surface area (TPSA) is 188 Å². The molecule has 0 fully saturated rings. The molecule has 11 heteroatoms. The first-order chi connectivity index (χ1) is 14.5. The summed E-state index contributed by atoms with van der Waals surface area (Å²) in [5.41, 5.74) is 6.31. The van der Waals surface area contributed by atoms with E-state index in [1.807, 2.05) is 0 Å². The second-order valence-corrected chi connectivity index (χ2v) is 7.09. The molecule has 0 aliphatic carbocycles. The minimum Gasteiger partial charge on any atom is -0.481 e. The quantitative estimate of drug-likeness (QED) is 0.240. The van der Waals surface area contributed by atoms with Crippen molar-refractivity contribution in [3.8, 4) is 0 Å². The molecule has 0 radical (unpaired) electrons. The summed E-state index contributed by atoms with van der Waals surface area (Å²) in [6.45, 7) is 2.75. The molecule has 0 spiro atoms. The first-order valence-electron chi connectivity index (χ1n) is 9.66. The molecule has 0 saturated heterocycles. The van der Waals surface area contributed by atoms with Gasteiger partial charge in [-0.05, 0) is 25.8 Å². The van der Waals surface area contributed by atoms with Crippen molar-refractivity contribution in [2.24, 2.45) is 5.73 Å². The summed E-state index contributed by atoms with van der Waals surface area (Å²) in [5, 5.41) is 25.1. The summed E-state index contributed by atoms with van der Waals surface area (Å²) in [6.07, 6.45) is -0.310. The Morgan fingerprint density at radius 1 is 0.871 bits per heavy atom. The molecule has 170 valence electrons. The zero-order chi connectivity index (χ0) is 23.6. The van der Waals surface area contributed by atoms with Crippen LogP contribution in [0.15, 0.2) is 30.3 Å². The van der Waals surface area contributed by atoms with Crippen molar-refractivity contribution in [1.82, 2.24) is 16.0 Å². The monoisotopic (exact) mass is 436 g/mol. The third kappa shape index (κ3) is 9.26. The van der Waals surface area contributed by atoms with E-state index in [4.69, 9.17) is 10.8 Å². The number of carboxylic acids is 2. The van der Waals surface area contributed by atoms with E-state index in [0.29, 0.717) is 0 Å². The highest BCUT2D eigenvalue weighted by Crippen LogP contribution is 2.04. The number of rotatable bonds is 12. The van der Waals surface area contributed by atoms with Gasteiger partial charge in [-0.1, -0.05) is 30.3 Å². The highest BCUT2D eigenvalue weighted by Gasteiger charge is 2.26. The number of benzene rings is 1. The van der Waals surface area contributed by atoms with Crippen LogP contribution in [0.2, 0.25) is 0 Å². The van der Waals surface area contributed by atoms with Gasteiger partial charge in [0.2, 0.25) is 17.7 Å². The maximum Gasteiger partial charge on any atom is 0.326 e. The van der Waals surface area contributed by atoms with Crippen LogP contribution < -0.4 is 21.7 Å². The Balaban J connectivity index is 2.57. The SMILES string of the molecule is CC(NC(=O)C(N)CCC(=O)O)C(=O)NC(C)C(=O)NC(Cc1ccccc1)C(=O)O. The van der Waals surface area contributed by atoms with Crippen LogP contribution in [0.25, 0.3) is 0 Å². The van der Waals surface area contributed by atoms with E-state index < -0.39 is 53.8 Å². The summed E-state index contributed by atoms with van der Waals surface area (Å²) in [7, 11) is 0. The van der Waals surface area contributed by atoms with E-state index in [0.717, 1.165) is 5.56 Å². The van der Waals surface area contributed by atoms with Crippen molar-refractivity contribution in [1.29, 1.82) is 0 Å². The summed E-state index contributed by atoms with van der Waals surface area (Å²) >= 11 is 0. The molecule has 1 rings (SSSR count). The third-order valence-electron chi connectivity index (χ3n) is 4.41. The zero-order valence-corrected chi connectivity index (χ0v) is 17.3. The maximum atomic E-state index is 12.3. The molecule has 4 atom stereocenters. The number of hydrogen-bond donors (Lipinski definition) is 6. The van der Waals surface area contributed by atoms with Gasteiger partial charge in [0.25, 0.3) is 0 Å². The molecule has 0 bridgehead atoms. The summed E-state index contributed by atoms with van der Waals surface area (Å²) < 4.78 is 0. The number of amides is 3. The fourth-order valence-corrected chi connectivity index (χ4v) is 2.55. The minimum absolute atomic E-state index is 0.0727. The summed E-state index contributed by atoms with van der Waals surface area (Å²) in [6, 6.07) is 4.37. The average Bonchev–Trinajstić information content (AvgIpc) is 2.71. The lowest BCUT2D eigenvalue weighted by atomic mass is 10.1. The smallest absolute Gasteiger partial charge is 0.326 e. The van der Waals surface area contributed by atoms with E-state index in [2.05, 4.69) is 16.0 Å². The molecule has 4 unspecified atom stereocenters. The van der Waals surface area contributed by atoms with Crippen molar-refractivity contribution < 1.29 is 34.2 Å². The van der Waals surface area contributed by atoms with Gasteiger partial charge in [-0.25, -0.2) is 4.79 Å². The van der Waals surface area contributed by atoms with Crippen molar-refractivity contribution in [2.45, 2.75) is 57.3 Å². The predicted octanol–water partition coefficient (Wildman–Crippen LogP) is -1.000. The Labute approximate surface area is 179 Å². The van der Waals surface area contributed by atoms with Crippen LogP contribution in [-0.4, -0.2) is 64.0 Å². The molecular formula is C20H28N4O7. The summed E-state index contributed by atoms with van der Waals surface area (Å²) in [5.74, 6) is -4.40. The van der Waals surface area contributed by atoms with Crippen molar-refractivity contribution >= 4 is 29.7 Å². The number of carbonyl (C=O) groups is 5. The van der Waals surface area contributed by atoms with Gasteiger partial charge in [-0.3, -0.25) is 19.2 Å². The predicted molar refractivity (Wildman–Crippen MR) is 110 cm³/mol. The van der Waals surface area contributed by atoms with Crippen LogP contribution >= 0.6 is 0 Å². The highest BCUT2D eigenvalue weighted by molar-refractivity contribution is 5.93. The second-order valence-electron chi connectivity index (χ2n) is 7.09. The molecule has 7 N–H and O–H groups in total. The van der Waals surface area contributed by atoms with Crippen molar-refractivity contribution in [3.05, 3.63) is 35.9 Å². The molecule has 3 amide bonds. The fourth-order valence-electron chi connectivity index (χ4n) is 2.55. The number of nitrogens with two attached hydrogens (primary N) is 1. The second kappa shape index (κ2) is 12.3. The molecule has 0 heterocycles. The Kier molecular flexibility index (Phi) is 10.1. The first-order valence-corrected chi connectivity index (χ1v) is 9.66. The summed E-state index contributed by atoms with van der Waals surface area (Å²) in [4.78, 5) is 58.5. The van der Waals surface area contributed by atoms with Crippen LogP contribution in [0.4, 0.5) is 0 Å². The lowest BCUT2D eigenvalue weighted by molar-refractivity contribution is -0.142. The highest BCUT2D eigenvalue weighted by atomic mass is 16.4. The maximum absolute atomic E-state index is 12.3. The van der Waals surface area contributed by atoms with Crippen LogP contribution in [0.5, 0.6) is 0 Å². The number of hydrogen-bond acceptors (Lipinski definition) is 6. The van der Waals surface area contributed by atoms with Crippen LogP contribution in [0, 0.1) is 0 Å². The number of carboxylic acid groups (broad SMARTS) is 2. The number of carbonyl (C=O) groups excluding carboxylic acids is 3. The van der Waals surface area contributed by atoms with Crippen LogP contribution in [-0.2, 0) is 30.4 Å². The molecule has 1 aromatic rings. The first kappa shape index (κ1) is 25.6. The van der Waals surface area contributed by atoms with Crippen LogP contribution in [0.1, 0.15) is 32.3 Å². The van der Waals surface area contributed by atoms with E-state index >= 15 is 0 Å². The molecule has 31 heavy (non-hydrogen) atoms. The number of nitrogens with one attached hydrogen (secondary N) is 3. The molecular weight excluding hydrogens is 408 g/mol. The Hall–Kier alpha value is -3.47. The van der Waals surface area contributed by atoms with Gasteiger partial charge in [-0.15, -0.1) is 0 Å². The van der Waals surface area contributed by atoms with E-state index in [1.165, 1.54) is 13.8 Å². The van der Waals surface area contributed by atoms with Gasteiger partial charge in [-0.2, -0.15) is 0 Å². The Morgan fingerprint density at radius 2 is 1.39 bits per heavy atom. The van der Waals surface area contributed by atoms with Gasteiger partial charge in [0.15, 0.2) is 0 Å². The van der Waals surface area contributed by atoms with Crippen LogP contribution in [0.3, 0.4) is 0 Å². The Morgan fingerprint density at radius 3 is 1.90 bits per heavy atom. The van der Waals surface area contributed by atoms with Gasteiger partial charge < -0.3 is 31.9 Å². The van der Waals surface area contributed by atoms with Gasteiger partial charge >= 0.3 is 11.9 Å². The van der Waals surface area contributed by atoms with Gasteiger partial charge in [0, 0.05) is 12.8 Å². The Bertz CT molecular complexity index is 800. The van der Waals surface area contributed by atoms with E-state index in [9.17, 15) is 29.1 Å². The zero-order valence-electron chi connectivity index (χ0n) is 17.3. The number of aliphatic carboxylic acids is 2. The fraction of sp³-hybridized carbons (Fsp3) is 0.450. The lowest BCUT2D eigenvalue weighted by Crippen LogP contribution is -2.55. The average molecular weight is 436 g/mol. The molecule has 0 saturated carbocycles. The lowest BCUT2D eigenvalue weighted by Gasteiger charge is -2.21. The van der Waals surface area contributed by atoms with Crippen molar-refractivity contribution in [2.75, 3.05) is 0 Å². The molecule has 0 aromatic heterocycles. The standard InChI is InChI=1S/C20H28N4O7/c1-11(23-19(29)14(21)8-9-16(25)26)17(27)22-12(2)18(28)24-15(20(30)31)10-13-6-4-3-5-7-13/h3-7,11-12,14-15H,8-10,21H2,1-2H3,(H,22,27)(H,23,29)(H,24,28)(H,25,26)(H,30,31). The molecule has 11 nitrogen and oxygen atoms in total. The third-order valence-corrected chi connectivity index (χ3v) is 4.41. The molecule has 0 aliphatic heterocycles. The molecule has 0 aliphatic rings. The van der Waals surface area contributed by atoms with Gasteiger partial charge in [0.1, 0.15) is 18.1 Å². The normalized spacial score (nSPS) is 14.4. The molecule has 1 aromatic carbocycles. The van der Waals surface area contributed by atoms with E-state index in [-0.39, 0.29) is 19.3 Å². The minimum atomic E-state index is -1.22. The van der Waals surface area contributed by atoms with Crippen molar-refractivity contribution in [3.63, 3.8) is 0 Å². The van der Waals surface area contributed by atoms with E-state index in [1.54, 1.807) is 30.3 Å². The van der Waals surface area contributed by atoms with Gasteiger partial charge in [0.05, 0.1) is 6.04 Å². The largest absolute Gasteiger partial charge is 0.481 e.